The molecule has 35 heavy (non-hydrogen) atoms. The first kappa shape index (κ1) is 25.6. The van der Waals surface area contributed by atoms with E-state index in [0.29, 0.717) is 19.5 Å². The van der Waals surface area contributed by atoms with E-state index in [1.165, 1.54) is 10.5 Å². The number of nitrogens with one attached hydrogen (secondary N) is 2. The first-order valence-electron chi connectivity index (χ1n) is 11.9. The number of benzene rings is 2. The van der Waals surface area contributed by atoms with Crippen LogP contribution in [0.25, 0.3) is 10.9 Å². The van der Waals surface area contributed by atoms with Crippen molar-refractivity contribution in [2.75, 3.05) is 18.8 Å². The Morgan fingerprint density at radius 3 is 2.57 bits per heavy atom. The number of thioether (sulfide) groups is 1. The molecule has 5 rings (SSSR count). The molecule has 0 bridgehead atoms. The Kier molecular flexibility index (Phi) is 7.23. The molecule has 2 aliphatic heterocycles. The number of nitrogens with zero attached hydrogens (tertiary/aromatic N) is 1. The van der Waals surface area contributed by atoms with Gasteiger partial charge in [-0.15, -0.1) is 24.2 Å². The van der Waals surface area contributed by atoms with Crippen LogP contribution in [0.3, 0.4) is 0 Å². The fraction of sp³-hybridized carbons (Fsp3) is 0.407. The maximum atomic E-state index is 13.7. The van der Waals surface area contributed by atoms with Crippen molar-refractivity contribution < 1.29 is 9.59 Å². The average Bonchev–Trinajstić information content (AvgIpc) is 3.40. The molecule has 1 fully saturated rings. The van der Waals surface area contributed by atoms with Crippen LogP contribution in [-0.4, -0.2) is 52.1 Å². The van der Waals surface area contributed by atoms with Crippen molar-refractivity contribution >= 4 is 46.9 Å². The Bertz CT molecular complexity index is 1230. The minimum Gasteiger partial charge on any atom is -0.361 e. The molecule has 3 aromatic rings. The van der Waals surface area contributed by atoms with Crippen LogP contribution in [0.4, 0.5) is 0 Å². The third kappa shape index (κ3) is 4.95. The maximum absolute atomic E-state index is 13.7. The Hall–Kier alpha value is -2.48. The first-order chi connectivity index (χ1) is 16.3. The second-order valence-electron chi connectivity index (χ2n) is 10.2. The molecule has 2 amide bonds. The molecule has 1 atom stereocenters. The molecule has 1 saturated heterocycles. The molecule has 1 spiro atoms. The Balaban J connectivity index is 0.00000289. The minimum atomic E-state index is -1.06. The molecule has 186 valence electrons. The molecule has 4 N–H and O–H groups in total. The van der Waals surface area contributed by atoms with E-state index in [4.69, 9.17) is 5.73 Å². The maximum Gasteiger partial charge on any atom is 0.245 e. The highest BCUT2D eigenvalue weighted by Crippen LogP contribution is 2.49. The number of para-hydroxylation sites is 1. The lowest BCUT2D eigenvalue weighted by Gasteiger charge is -2.41. The van der Waals surface area contributed by atoms with Gasteiger partial charge < -0.3 is 20.9 Å². The van der Waals surface area contributed by atoms with E-state index >= 15 is 0 Å². The fourth-order valence-electron chi connectivity index (χ4n) is 5.18. The van der Waals surface area contributed by atoms with Crippen LogP contribution in [-0.2, 0) is 21.4 Å². The number of H-pyrrole nitrogens is 1. The van der Waals surface area contributed by atoms with Crippen molar-refractivity contribution in [3.05, 3.63) is 65.9 Å². The quantitative estimate of drug-likeness (QED) is 0.481. The van der Waals surface area contributed by atoms with E-state index in [9.17, 15) is 9.59 Å². The Labute approximate surface area is 216 Å². The average molecular weight is 513 g/mol. The van der Waals surface area contributed by atoms with Crippen molar-refractivity contribution in [2.24, 2.45) is 5.73 Å². The second-order valence-corrected chi connectivity index (χ2v) is 11.2. The third-order valence-electron chi connectivity index (χ3n) is 7.28. The van der Waals surface area contributed by atoms with Gasteiger partial charge in [-0.2, -0.15) is 0 Å². The number of hydrogen-bond acceptors (Lipinski definition) is 4. The number of rotatable bonds is 5. The van der Waals surface area contributed by atoms with E-state index in [2.05, 4.69) is 34.6 Å². The lowest BCUT2D eigenvalue weighted by Crippen LogP contribution is -2.58. The number of likely N-dealkylation sites (tertiary alicyclic amines) is 1. The molecule has 0 saturated carbocycles. The van der Waals surface area contributed by atoms with Crippen LogP contribution in [0.2, 0.25) is 0 Å². The number of amides is 2. The molecular formula is C27H33ClN4O2S. The van der Waals surface area contributed by atoms with Crippen LogP contribution >= 0.6 is 24.2 Å². The normalized spacial score (nSPS) is 17.6. The van der Waals surface area contributed by atoms with Gasteiger partial charge in [-0.3, -0.25) is 9.59 Å². The standard InChI is InChI=1S/C27H32N4O2S.ClH/c1-26(2,28)25(33)30-22(15-18-16-29-21-9-5-3-7-19(18)21)24(32)31-13-11-27(12-14-31)17-34-23-10-6-4-8-20(23)27;/h3-10,16,22,29H,11-15,17,28H2,1-2H3,(H,30,33);1H/t22-;/m1./s1. The van der Waals surface area contributed by atoms with Crippen molar-refractivity contribution in [1.82, 2.24) is 15.2 Å². The summed E-state index contributed by atoms with van der Waals surface area (Å²) in [5.74, 6) is 0.725. The summed E-state index contributed by atoms with van der Waals surface area (Å²) < 4.78 is 0. The summed E-state index contributed by atoms with van der Waals surface area (Å²) in [6, 6.07) is 16.0. The van der Waals surface area contributed by atoms with Gasteiger partial charge >= 0.3 is 0 Å². The summed E-state index contributed by atoms with van der Waals surface area (Å²) in [5.41, 5.74) is 8.60. The number of carbonyl (C=O) groups excluding carboxylic acids is 2. The van der Waals surface area contributed by atoms with Crippen LogP contribution in [0.5, 0.6) is 0 Å². The van der Waals surface area contributed by atoms with E-state index < -0.39 is 11.6 Å². The number of fused-ring (bicyclic) bond motifs is 3. The molecule has 0 radical (unpaired) electrons. The zero-order valence-corrected chi connectivity index (χ0v) is 21.8. The smallest absolute Gasteiger partial charge is 0.245 e. The van der Waals surface area contributed by atoms with Crippen molar-refractivity contribution in [3.63, 3.8) is 0 Å². The molecule has 6 nitrogen and oxygen atoms in total. The fourth-order valence-corrected chi connectivity index (χ4v) is 6.67. The monoisotopic (exact) mass is 512 g/mol. The van der Waals surface area contributed by atoms with Gasteiger partial charge in [0.2, 0.25) is 11.8 Å². The summed E-state index contributed by atoms with van der Waals surface area (Å²) in [6.45, 7) is 4.71. The Morgan fingerprint density at radius 2 is 1.83 bits per heavy atom. The highest BCUT2D eigenvalue weighted by Gasteiger charge is 2.43. The van der Waals surface area contributed by atoms with Gasteiger partial charge in [0.1, 0.15) is 6.04 Å². The zero-order valence-electron chi connectivity index (χ0n) is 20.2. The number of piperidine rings is 1. The largest absolute Gasteiger partial charge is 0.361 e. The minimum absolute atomic E-state index is 0. The van der Waals surface area contributed by atoms with E-state index in [1.54, 1.807) is 13.8 Å². The number of aromatic nitrogens is 1. The number of halogens is 1. The van der Waals surface area contributed by atoms with Gasteiger partial charge in [0.25, 0.3) is 0 Å². The van der Waals surface area contributed by atoms with Crippen LogP contribution in [0.1, 0.15) is 37.8 Å². The van der Waals surface area contributed by atoms with Crippen molar-refractivity contribution in [3.8, 4) is 0 Å². The molecule has 1 aromatic heterocycles. The first-order valence-corrected chi connectivity index (χ1v) is 12.9. The van der Waals surface area contributed by atoms with Gasteiger partial charge in [-0.05, 0) is 49.9 Å². The van der Waals surface area contributed by atoms with Gasteiger partial charge in [0.15, 0.2) is 0 Å². The molecule has 0 unspecified atom stereocenters. The summed E-state index contributed by atoms with van der Waals surface area (Å²) in [5, 5.41) is 4.03. The third-order valence-corrected chi connectivity index (χ3v) is 8.65. The molecule has 0 aliphatic carbocycles. The van der Waals surface area contributed by atoms with E-state index in [-0.39, 0.29) is 29.6 Å². The molecule has 2 aromatic carbocycles. The van der Waals surface area contributed by atoms with Gasteiger partial charge in [-0.25, -0.2) is 0 Å². The van der Waals surface area contributed by atoms with E-state index in [1.807, 2.05) is 47.1 Å². The van der Waals surface area contributed by atoms with Crippen molar-refractivity contribution in [1.29, 1.82) is 0 Å². The van der Waals surface area contributed by atoms with Gasteiger partial charge in [-0.1, -0.05) is 36.4 Å². The van der Waals surface area contributed by atoms with Crippen molar-refractivity contribution in [2.45, 2.75) is 55.0 Å². The highest BCUT2D eigenvalue weighted by molar-refractivity contribution is 7.99. The zero-order chi connectivity index (χ0) is 23.9. The highest BCUT2D eigenvalue weighted by atomic mass is 35.5. The SMILES string of the molecule is CC(C)(N)C(=O)N[C@H](Cc1c[nH]c2ccccc12)C(=O)N1CCC2(CC1)CSc1ccccc12.Cl. The Morgan fingerprint density at radius 1 is 1.14 bits per heavy atom. The van der Waals surface area contributed by atoms with Crippen LogP contribution < -0.4 is 11.1 Å². The van der Waals surface area contributed by atoms with E-state index in [0.717, 1.165) is 35.1 Å². The van der Waals surface area contributed by atoms with Crippen LogP contribution in [0.15, 0.2) is 59.6 Å². The predicted octanol–water partition coefficient (Wildman–Crippen LogP) is 4.02. The van der Waals surface area contributed by atoms with Gasteiger partial charge in [0.05, 0.1) is 5.54 Å². The molecule has 2 aliphatic rings. The lowest BCUT2D eigenvalue weighted by atomic mass is 9.74. The molecular weight excluding hydrogens is 480 g/mol. The molecule has 8 heteroatoms. The summed E-state index contributed by atoms with van der Waals surface area (Å²) in [6.07, 6.45) is 4.24. The van der Waals surface area contributed by atoms with Gasteiger partial charge in [0, 0.05) is 52.7 Å². The number of hydrogen-bond donors (Lipinski definition) is 3. The summed E-state index contributed by atoms with van der Waals surface area (Å²) in [4.78, 5) is 33.1. The number of carbonyl (C=O) groups is 2. The lowest BCUT2D eigenvalue weighted by molar-refractivity contribution is -0.138. The van der Waals surface area contributed by atoms with Crippen LogP contribution in [0, 0.1) is 0 Å². The number of aromatic amines is 1. The topological polar surface area (TPSA) is 91.2 Å². The number of nitrogens with two attached hydrogens (primary N) is 1. The predicted molar refractivity (Wildman–Crippen MR) is 144 cm³/mol. The summed E-state index contributed by atoms with van der Waals surface area (Å²) in [7, 11) is 0. The molecule has 3 heterocycles. The second kappa shape index (κ2) is 9.88. The summed E-state index contributed by atoms with van der Waals surface area (Å²) >= 11 is 1.93.